The third-order valence-electron chi connectivity index (χ3n) is 4.61. The molecule has 8 heteroatoms. The molecule has 7 nitrogen and oxygen atoms in total. The minimum Gasteiger partial charge on any atom is -0.504 e. The molecule has 138 valence electrons. The fraction of sp³-hybridized carbons (Fsp3) is 0.0500. The van der Waals surface area contributed by atoms with Gasteiger partial charge in [0.05, 0.1) is 18.3 Å². The third kappa shape index (κ3) is 2.54. The van der Waals surface area contributed by atoms with E-state index in [9.17, 15) is 5.11 Å². The second kappa shape index (κ2) is 6.21. The molecule has 0 amide bonds. The lowest BCUT2D eigenvalue weighted by molar-refractivity contribution is 0.373. The number of nitrogens with zero attached hydrogens (tertiary/aromatic N) is 2. The minimum atomic E-state index is 0.0633. The lowest BCUT2D eigenvalue weighted by Crippen LogP contribution is -1.92. The van der Waals surface area contributed by atoms with Crippen LogP contribution in [0.25, 0.3) is 44.6 Å². The Bertz CT molecular complexity index is 1400. The van der Waals surface area contributed by atoms with Gasteiger partial charge in [-0.05, 0) is 42.5 Å². The maximum Gasteiger partial charge on any atom is 0.284 e. The number of benzene rings is 2. The van der Waals surface area contributed by atoms with E-state index in [0.29, 0.717) is 23.0 Å². The highest BCUT2D eigenvalue weighted by atomic mass is 32.1. The smallest absolute Gasteiger partial charge is 0.284 e. The van der Waals surface area contributed by atoms with Gasteiger partial charge in [0.1, 0.15) is 5.69 Å². The van der Waals surface area contributed by atoms with E-state index in [2.05, 4.69) is 15.2 Å². The first-order valence-corrected chi connectivity index (χ1v) is 8.89. The highest BCUT2D eigenvalue weighted by Gasteiger charge is 2.17. The van der Waals surface area contributed by atoms with Crippen LogP contribution in [0.15, 0.2) is 52.9 Å². The topological polar surface area (TPSA) is 100.0 Å². The number of fused-ring (bicyclic) bond motifs is 3. The van der Waals surface area contributed by atoms with Gasteiger partial charge in [-0.2, -0.15) is 0 Å². The van der Waals surface area contributed by atoms with E-state index in [1.165, 1.54) is 7.11 Å². The fourth-order valence-electron chi connectivity index (χ4n) is 3.33. The average Bonchev–Trinajstić information content (AvgIpc) is 3.31. The zero-order valence-electron chi connectivity index (χ0n) is 14.7. The number of rotatable bonds is 3. The number of pyridine rings is 1. The Balaban J connectivity index is 1.87. The fourth-order valence-corrected chi connectivity index (χ4v) is 3.45. The van der Waals surface area contributed by atoms with Crippen molar-refractivity contribution in [3.63, 3.8) is 0 Å². The summed E-state index contributed by atoms with van der Waals surface area (Å²) < 4.78 is 10.7. The summed E-state index contributed by atoms with van der Waals surface area (Å²) in [4.78, 5) is 8.38. The number of phenols is 1. The van der Waals surface area contributed by atoms with Crippen molar-refractivity contribution in [3.8, 4) is 34.3 Å². The number of hydrogen-bond donors (Lipinski definition) is 3. The van der Waals surface area contributed by atoms with Crippen LogP contribution < -0.4 is 4.74 Å². The molecule has 0 saturated carbocycles. The first-order chi connectivity index (χ1) is 13.6. The van der Waals surface area contributed by atoms with Crippen LogP contribution in [0.1, 0.15) is 0 Å². The summed E-state index contributed by atoms with van der Waals surface area (Å²) in [6.45, 7) is 0. The Morgan fingerprint density at radius 3 is 2.75 bits per heavy atom. The molecule has 0 fully saturated rings. The second-order valence-corrected chi connectivity index (χ2v) is 6.62. The number of para-hydroxylation sites is 1. The SMILES string of the molecule is COc1cc(-c2nc(-c3n[nH]c(=S)o3)cc3c2[nH]c2ccccc23)ccc1O. The van der Waals surface area contributed by atoms with Gasteiger partial charge in [0, 0.05) is 21.9 Å². The zero-order valence-corrected chi connectivity index (χ0v) is 15.5. The van der Waals surface area contributed by atoms with Gasteiger partial charge in [0.15, 0.2) is 11.5 Å². The van der Waals surface area contributed by atoms with Crippen molar-refractivity contribution in [2.75, 3.05) is 7.11 Å². The number of aromatic nitrogens is 4. The van der Waals surface area contributed by atoms with Crippen molar-refractivity contribution in [3.05, 3.63) is 53.4 Å². The quantitative estimate of drug-likeness (QED) is 0.382. The van der Waals surface area contributed by atoms with Gasteiger partial charge in [-0.25, -0.2) is 10.1 Å². The van der Waals surface area contributed by atoms with Crippen molar-refractivity contribution in [1.29, 1.82) is 0 Å². The molecule has 0 spiro atoms. The summed E-state index contributed by atoms with van der Waals surface area (Å²) in [5.41, 5.74) is 3.87. The number of aromatic amines is 2. The largest absolute Gasteiger partial charge is 0.504 e. The van der Waals surface area contributed by atoms with Crippen molar-refractivity contribution >= 4 is 34.0 Å². The van der Waals surface area contributed by atoms with Crippen LogP contribution in [0.2, 0.25) is 0 Å². The summed E-state index contributed by atoms with van der Waals surface area (Å²) in [5, 5.41) is 18.7. The van der Waals surface area contributed by atoms with Crippen LogP contribution >= 0.6 is 12.2 Å². The van der Waals surface area contributed by atoms with Gasteiger partial charge >= 0.3 is 0 Å². The Morgan fingerprint density at radius 2 is 1.96 bits per heavy atom. The molecule has 0 unspecified atom stereocenters. The predicted molar refractivity (Wildman–Crippen MR) is 108 cm³/mol. The molecule has 5 rings (SSSR count). The second-order valence-electron chi connectivity index (χ2n) is 6.25. The summed E-state index contributed by atoms with van der Waals surface area (Å²) >= 11 is 5.00. The Labute approximate surface area is 163 Å². The van der Waals surface area contributed by atoms with Crippen LogP contribution in [-0.2, 0) is 0 Å². The summed E-state index contributed by atoms with van der Waals surface area (Å²) in [6, 6.07) is 15.0. The first kappa shape index (κ1) is 16.5. The van der Waals surface area contributed by atoms with E-state index in [0.717, 1.165) is 27.4 Å². The van der Waals surface area contributed by atoms with Crippen molar-refractivity contribution < 1.29 is 14.3 Å². The minimum absolute atomic E-state index is 0.0633. The van der Waals surface area contributed by atoms with Crippen LogP contribution in [0, 0.1) is 4.84 Å². The number of nitrogens with one attached hydrogen (secondary N) is 2. The molecule has 28 heavy (non-hydrogen) atoms. The molecule has 0 saturated heterocycles. The van der Waals surface area contributed by atoms with Gasteiger partial charge in [-0.15, -0.1) is 5.10 Å². The lowest BCUT2D eigenvalue weighted by atomic mass is 10.1. The highest BCUT2D eigenvalue weighted by molar-refractivity contribution is 7.71. The number of phenolic OH excluding ortho intramolecular Hbond substituents is 1. The number of ether oxygens (including phenoxy) is 1. The van der Waals surface area contributed by atoms with Gasteiger partial charge in [-0.1, -0.05) is 18.2 Å². The van der Waals surface area contributed by atoms with Crippen LogP contribution in [0.5, 0.6) is 11.5 Å². The van der Waals surface area contributed by atoms with Crippen LogP contribution in [-0.4, -0.2) is 32.4 Å². The van der Waals surface area contributed by atoms with Crippen molar-refractivity contribution in [2.45, 2.75) is 0 Å². The molecule has 5 aromatic rings. The number of aromatic hydroxyl groups is 1. The van der Waals surface area contributed by atoms with Crippen LogP contribution in [0.3, 0.4) is 0 Å². The molecule has 0 atom stereocenters. The maximum atomic E-state index is 9.95. The molecular weight excluding hydrogens is 376 g/mol. The summed E-state index contributed by atoms with van der Waals surface area (Å²) in [6.07, 6.45) is 0. The molecule has 0 aliphatic heterocycles. The van der Waals surface area contributed by atoms with Gasteiger partial charge in [-0.3, -0.25) is 0 Å². The molecule has 3 heterocycles. The number of methoxy groups -OCH3 is 1. The third-order valence-corrected chi connectivity index (χ3v) is 4.78. The average molecular weight is 390 g/mol. The van der Waals surface area contributed by atoms with Gasteiger partial charge in [0.2, 0.25) is 0 Å². The van der Waals surface area contributed by atoms with E-state index in [1.807, 2.05) is 30.3 Å². The lowest BCUT2D eigenvalue weighted by Gasteiger charge is -2.08. The summed E-state index contributed by atoms with van der Waals surface area (Å²) in [5.74, 6) is 0.740. The highest BCUT2D eigenvalue weighted by Crippen LogP contribution is 2.37. The van der Waals surface area contributed by atoms with Gasteiger partial charge < -0.3 is 19.2 Å². The monoisotopic (exact) mass is 390 g/mol. The molecule has 0 aliphatic carbocycles. The number of H-pyrrole nitrogens is 2. The molecule has 0 aliphatic rings. The molecule has 3 aromatic heterocycles. The first-order valence-electron chi connectivity index (χ1n) is 8.49. The predicted octanol–water partition coefficient (Wildman–Crippen LogP) is 4.81. The summed E-state index contributed by atoms with van der Waals surface area (Å²) in [7, 11) is 1.51. The van der Waals surface area contributed by atoms with E-state index in [-0.39, 0.29) is 10.6 Å². The Kier molecular flexibility index (Phi) is 3.66. The van der Waals surface area contributed by atoms with Crippen LogP contribution in [0.4, 0.5) is 0 Å². The van der Waals surface area contributed by atoms with Crippen molar-refractivity contribution in [2.24, 2.45) is 0 Å². The Hall–Kier alpha value is -3.65. The standard InChI is InChI=1S/C20H14N4O3S/c1-26-16-8-10(6-7-15(16)25)17-18-12(11-4-2-3-5-13(11)21-18)9-14(22-17)19-23-24-20(28)27-19/h2-9,21,25H,1H3,(H,24,28). The molecule has 0 bridgehead atoms. The van der Waals surface area contributed by atoms with E-state index in [4.69, 9.17) is 26.4 Å². The molecule has 3 N–H and O–H groups in total. The normalized spacial score (nSPS) is 11.3. The Morgan fingerprint density at radius 1 is 1.11 bits per heavy atom. The molecule has 2 aromatic carbocycles. The van der Waals surface area contributed by atoms with E-state index >= 15 is 0 Å². The van der Waals surface area contributed by atoms with Crippen molar-refractivity contribution in [1.82, 2.24) is 20.2 Å². The maximum absolute atomic E-state index is 9.95. The number of hydrogen-bond acceptors (Lipinski definition) is 6. The van der Waals surface area contributed by atoms with E-state index in [1.54, 1.807) is 18.2 Å². The van der Waals surface area contributed by atoms with E-state index < -0.39 is 0 Å². The van der Waals surface area contributed by atoms with Gasteiger partial charge in [0.25, 0.3) is 10.7 Å². The molecular formula is C20H14N4O3S. The molecule has 0 radical (unpaired) electrons. The zero-order chi connectivity index (χ0) is 19.3.